The number of Topliss-reactive ketones (excluding diaryl/α,β-unsaturated/α-hetero) is 1. The number of ether oxygens (including phenoxy) is 1. The van der Waals surface area contributed by atoms with Gasteiger partial charge in [0.15, 0.2) is 0 Å². The van der Waals surface area contributed by atoms with E-state index in [1.165, 1.54) is 32.1 Å². The lowest BCUT2D eigenvalue weighted by molar-refractivity contribution is -0.136. The van der Waals surface area contributed by atoms with Crippen molar-refractivity contribution in [2.45, 2.75) is 84.7 Å². The van der Waals surface area contributed by atoms with Crippen molar-refractivity contribution in [3.8, 4) is 0 Å². The van der Waals surface area contributed by atoms with Crippen LogP contribution in [0.25, 0.3) is 0 Å². The summed E-state index contributed by atoms with van der Waals surface area (Å²) in [5.41, 5.74) is -0.651. The summed E-state index contributed by atoms with van der Waals surface area (Å²) in [7, 11) is 0. The summed E-state index contributed by atoms with van der Waals surface area (Å²) < 4.78 is 5.48. The molecule has 23 heavy (non-hydrogen) atoms. The van der Waals surface area contributed by atoms with Crippen molar-refractivity contribution < 1.29 is 14.3 Å². The highest BCUT2D eigenvalue weighted by Gasteiger charge is 2.47. The summed E-state index contributed by atoms with van der Waals surface area (Å²) in [4.78, 5) is 26.8. The molecule has 132 valence electrons. The Morgan fingerprint density at radius 1 is 1.09 bits per heavy atom. The number of nitrogens with zero attached hydrogens (tertiary/aromatic N) is 1. The molecule has 0 atom stereocenters. The lowest BCUT2D eigenvalue weighted by Crippen LogP contribution is -2.51. The molecular weight excluding hydrogens is 290 g/mol. The van der Waals surface area contributed by atoms with E-state index in [9.17, 15) is 9.59 Å². The van der Waals surface area contributed by atoms with Gasteiger partial charge >= 0.3 is 6.09 Å². The molecule has 1 aliphatic carbocycles. The molecule has 4 heteroatoms. The molecule has 1 saturated heterocycles. The zero-order valence-electron chi connectivity index (χ0n) is 15.3. The summed E-state index contributed by atoms with van der Waals surface area (Å²) in [6, 6.07) is 0. The number of hydrogen-bond acceptors (Lipinski definition) is 3. The zero-order valence-corrected chi connectivity index (χ0v) is 15.3. The largest absolute Gasteiger partial charge is 0.444 e. The number of hydrogen-bond donors (Lipinski definition) is 0. The molecule has 0 aromatic rings. The summed E-state index contributed by atoms with van der Waals surface area (Å²) in [6.45, 7) is 8.95. The molecule has 0 bridgehead atoms. The molecule has 1 amide bonds. The second-order valence-electron chi connectivity index (χ2n) is 8.24. The first kappa shape index (κ1) is 18.3. The summed E-state index contributed by atoms with van der Waals surface area (Å²) in [5.74, 6) is 0.928. The Bertz CT molecular complexity index is 424. The maximum atomic E-state index is 12.8. The first-order valence-corrected chi connectivity index (χ1v) is 9.30. The average molecular weight is 323 g/mol. The van der Waals surface area contributed by atoms with Gasteiger partial charge in [-0.3, -0.25) is 4.79 Å². The lowest BCUT2D eigenvalue weighted by atomic mass is 9.61. The topological polar surface area (TPSA) is 46.6 Å². The van der Waals surface area contributed by atoms with Gasteiger partial charge in [0.05, 0.1) is 0 Å². The minimum atomic E-state index is -0.464. The molecule has 0 N–H and O–H groups in total. The van der Waals surface area contributed by atoms with E-state index < -0.39 is 5.60 Å². The van der Waals surface area contributed by atoms with Gasteiger partial charge < -0.3 is 9.64 Å². The van der Waals surface area contributed by atoms with E-state index >= 15 is 0 Å². The van der Waals surface area contributed by atoms with E-state index in [1.54, 1.807) is 4.90 Å². The van der Waals surface area contributed by atoms with Crippen molar-refractivity contribution in [1.29, 1.82) is 0 Å². The smallest absolute Gasteiger partial charge is 0.410 e. The zero-order chi connectivity index (χ0) is 17.1. The van der Waals surface area contributed by atoms with Gasteiger partial charge in [-0.1, -0.05) is 26.2 Å². The molecule has 0 unspecified atom stereocenters. The average Bonchev–Trinajstić information content (AvgIpc) is 2.53. The second kappa shape index (κ2) is 7.23. The number of piperidine rings is 1. The van der Waals surface area contributed by atoms with Crippen LogP contribution in [0.4, 0.5) is 4.79 Å². The maximum absolute atomic E-state index is 12.8. The van der Waals surface area contributed by atoms with E-state index in [1.807, 2.05) is 27.7 Å². The summed E-state index contributed by atoms with van der Waals surface area (Å²) in [5, 5.41) is 0. The monoisotopic (exact) mass is 323 g/mol. The van der Waals surface area contributed by atoms with Crippen LogP contribution >= 0.6 is 0 Å². The van der Waals surface area contributed by atoms with Gasteiger partial charge in [-0.05, 0) is 52.4 Å². The Balaban J connectivity index is 2.04. The van der Waals surface area contributed by atoms with Crippen LogP contribution in [0.2, 0.25) is 0 Å². The Morgan fingerprint density at radius 3 is 2.13 bits per heavy atom. The fourth-order valence-electron chi connectivity index (χ4n) is 4.34. The molecule has 1 heterocycles. The molecule has 1 aliphatic heterocycles. The number of ketones is 1. The number of carbonyl (C=O) groups is 2. The van der Waals surface area contributed by atoms with Crippen molar-refractivity contribution >= 4 is 11.9 Å². The van der Waals surface area contributed by atoms with E-state index in [2.05, 4.69) is 0 Å². The van der Waals surface area contributed by atoms with Crippen LogP contribution in [0.15, 0.2) is 0 Å². The highest BCUT2D eigenvalue weighted by molar-refractivity contribution is 5.85. The third-order valence-electron chi connectivity index (χ3n) is 5.57. The molecule has 0 radical (unpaired) electrons. The number of rotatable bonds is 3. The van der Waals surface area contributed by atoms with Gasteiger partial charge in [0.2, 0.25) is 0 Å². The molecule has 2 aliphatic rings. The van der Waals surface area contributed by atoms with Crippen LogP contribution in [0.5, 0.6) is 0 Å². The predicted molar refractivity (Wildman–Crippen MR) is 91.3 cm³/mol. The van der Waals surface area contributed by atoms with Crippen LogP contribution in [0.1, 0.15) is 79.1 Å². The van der Waals surface area contributed by atoms with Crippen molar-refractivity contribution in [3.63, 3.8) is 0 Å². The van der Waals surface area contributed by atoms with E-state index in [0.29, 0.717) is 31.2 Å². The number of amides is 1. The van der Waals surface area contributed by atoms with Crippen molar-refractivity contribution in [3.05, 3.63) is 0 Å². The SMILES string of the molecule is CCC(=O)C1(C2CCCCC2)CCN(C(=O)OC(C)(C)C)CC1. The van der Waals surface area contributed by atoms with E-state index in [0.717, 1.165) is 12.8 Å². The first-order chi connectivity index (χ1) is 10.8. The molecule has 0 aromatic carbocycles. The van der Waals surface area contributed by atoms with Gasteiger partial charge in [-0.15, -0.1) is 0 Å². The van der Waals surface area contributed by atoms with Gasteiger partial charge in [-0.25, -0.2) is 4.79 Å². The fraction of sp³-hybridized carbons (Fsp3) is 0.895. The number of carbonyl (C=O) groups excluding carboxylic acids is 2. The van der Waals surface area contributed by atoms with Crippen LogP contribution in [0.3, 0.4) is 0 Å². The van der Waals surface area contributed by atoms with Crippen molar-refractivity contribution in [1.82, 2.24) is 4.90 Å². The second-order valence-corrected chi connectivity index (χ2v) is 8.24. The van der Waals surface area contributed by atoms with Crippen LogP contribution in [-0.4, -0.2) is 35.5 Å². The molecule has 1 saturated carbocycles. The maximum Gasteiger partial charge on any atom is 0.410 e. The van der Waals surface area contributed by atoms with E-state index in [-0.39, 0.29) is 11.5 Å². The highest BCUT2D eigenvalue weighted by Crippen LogP contribution is 2.47. The fourth-order valence-corrected chi connectivity index (χ4v) is 4.34. The molecule has 4 nitrogen and oxygen atoms in total. The van der Waals surface area contributed by atoms with E-state index in [4.69, 9.17) is 4.74 Å². The van der Waals surface area contributed by atoms with Gasteiger partial charge in [0.1, 0.15) is 11.4 Å². The normalized spacial score (nSPS) is 22.7. The predicted octanol–water partition coefficient (Wildman–Crippen LogP) is 4.56. The molecular formula is C19H33NO3. The van der Waals surface area contributed by atoms with Gasteiger partial charge in [0.25, 0.3) is 0 Å². The third kappa shape index (κ3) is 4.27. The first-order valence-electron chi connectivity index (χ1n) is 9.30. The molecule has 0 spiro atoms. The Hall–Kier alpha value is -1.06. The van der Waals surface area contributed by atoms with Crippen LogP contribution in [-0.2, 0) is 9.53 Å². The summed E-state index contributed by atoms with van der Waals surface area (Å²) in [6.07, 6.45) is 8.15. The van der Waals surface area contributed by atoms with Crippen molar-refractivity contribution in [2.75, 3.05) is 13.1 Å². The quantitative estimate of drug-likeness (QED) is 0.764. The van der Waals surface area contributed by atoms with Crippen molar-refractivity contribution in [2.24, 2.45) is 11.3 Å². The summed E-state index contributed by atoms with van der Waals surface area (Å²) >= 11 is 0. The third-order valence-corrected chi connectivity index (χ3v) is 5.57. The van der Waals surface area contributed by atoms with Crippen LogP contribution < -0.4 is 0 Å². The Morgan fingerprint density at radius 2 is 1.65 bits per heavy atom. The molecule has 2 fully saturated rings. The highest BCUT2D eigenvalue weighted by atomic mass is 16.6. The Labute approximate surface area is 140 Å². The minimum absolute atomic E-state index is 0.187. The molecule has 0 aromatic heterocycles. The lowest BCUT2D eigenvalue weighted by Gasteiger charge is -2.46. The molecule has 2 rings (SSSR count). The van der Waals surface area contributed by atoms with Crippen LogP contribution in [0, 0.1) is 11.3 Å². The standard InChI is InChI=1S/C19H33NO3/c1-5-16(21)19(15-9-7-6-8-10-15)11-13-20(14-12-19)17(22)23-18(2,3)4/h15H,5-14H2,1-4H3. The van der Waals surface area contributed by atoms with Gasteiger partial charge in [-0.2, -0.15) is 0 Å². The Kier molecular flexibility index (Phi) is 5.74. The number of likely N-dealkylation sites (tertiary alicyclic amines) is 1. The van der Waals surface area contributed by atoms with Gasteiger partial charge in [0, 0.05) is 24.9 Å². The minimum Gasteiger partial charge on any atom is -0.444 e.